The number of ether oxygens (including phenoxy) is 5. The number of carbonyl (C=O) groups is 2. The zero-order valence-electron chi connectivity index (χ0n) is 27.0. The van der Waals surface area contributed by atoms with E-state index >= 15 is 0 Å². The fraction of sp³-hybridized carbons (Fsp3) is 0.824. The Kier molecular flexibility index (Phi) is 12.9. The summed E-state index contributed by atoms with van der Waals surface area (Å²) in [4.78, 5) is 25.9. The van der Waals surface area contributed by atoms with Crippen LogP contribution in [0.4, 0.5) is 0 Å². The van der Waals surface area contributed by atoms with E-state index in [9.17, 15) is 9.59 Å². The summed E-state index contributed by atoms with van der Waals surface area (Å²) < 4.78 is 29.3. The molecule has 2 heterocycles. The molecule has 0 N–H and O–H groups in total. The zero-order valence-corrected chi connectivity index (χ0v) is 27.0. The highest BCUT2D eigenvalue weighted by Gasteiger charge is 2.41. The Morgan fingerprint density at radius 3 is 2.34 bits per heavy atom. The molecule has 0 radical (unpaired) electrons. The first kappa shape index (κ1) is 33.8. The van der Waals surface area contributed by atoms with Crippen molar-refractivity contribution in [3.8, 4) is 0 Å². The molecule has 0 spiro atoms. The molecule has 1 saturated carbocycles. The van der Waals surface area contributed by atoms with E-state index in [-0.39, 0.29) is 72.0 Å². The monoisotopic (exact) mass is 576 g/mol. The molecule has 0 bridgehead atoms. The largest absolute Gasteiger partial charge is 0.469 e. The molecule has 234 valence electrons. The Morgan fingerprint density at radius 2 is 1.68 bits per heavy atom. The van der Waals surface area contributed by atoms with Gasteiger partial charge in [-0.3, -0.25) is 4.79 Å². The first-order chi connectivity index (χ1) is 19.5. The highest BCUT2D eigenvalue weighted by Crippen LogP contribution is 2.42. The van der Waals surface area contributed by atoms with Gasteiger partial charge in [-0.2, -0.15) is 0 Å². The summed E-state index contributed by atoms with van der Waals surface area (Å²) in [6, 6.07) is 0. The van der Waals surface area contributed by atoms with Gasteiger partial charge in [0.1, 0.15) is 0 Å². The molecule has 7 heteroatoms. The lowest BCUT2D eigenvalue weighted by Gasteiger charge is -2.39. The van der Waals surface area contributed by atoms with Crippen molar-refractivity contribution >= 4 is 11.9 Å². The topological polar surface area (TPSA) is 80.3 Å². The average Bonchev–Trinajstić information content (AvgIpc) is 3.35. The van der Waals surface area contributed by atoms with Crippen LogP contribution in [0.3, 0.4) is 0 Å². The van der Waals surface area contributed by atoms with E-state index in [4.69, 9.17) is 23.7 Å². The Bertz CT molecular complexity index is 913. The third kappa shape index (κ3) is 8.45. The number of allylic oxidation sites excluding steroid dienone is 1. The van der Waals surface area contributed by atoms with Gasteiger partial charge in [-0.25, -0.2) is 4.79 Å². The molecule has 7 nitrogen and oxygen atoms in total. The number of rotatable bonds is 11. The van der Waals surface area contributed by atoms with E-state index in [2.05, 4.69) is 52.8 Å². The molecule has 3 rings (SSSR count). The molecule has 0 unspecified atom stereocenters. The fourth-order valence-corrected chi connectivity index (χ4v) is 7.49. The van der Waals surface area contributed by atoms with Crippen LogP contribution in [0.5, 0.6) is 0 Å². The number of hydrogen-bond acceptors (Lipinski definition) is 7. The smallest absolute Gasteiger partial charge is 0.336 e. The zero-order chi connectivity index (χ0) is 30.3. The average molecular weight is 577 g/mol. The summed E-state index contributed by atoms with van der Waals surface area (Å²) in [5.74, 6) is 0.682. The summed E-state index contributed by atoms with van der Waals surface area (Å²) >= 11 is 0. The van der Waals surface area contributed by atoms with Crippen LogP contribution in [0.2, 0.25) is 0 Å². The number of methoxy groups -OCH3 is 2. The van der Waals surface area contributed by atoms with Crippen LogP contribution < -0.4 is 0 Å². The molecule has 41 heavy (non-hydrogen) atoms. The quantitative estimate of drug-likeness (QED) is 0.157. The summed E-state index contributed by atoms with van der Waals surface area (Å²) in [7, 11) is 3.19. The second kappa shape index (κ2) is 15.7. The van der Waals surface area contributed by atoms with Crippen molar-refractivity contribution in [3.05, 3.63) is 23.8 Å². The van der Waals surface area contributed by atoms with Crippen molar-refractivity contribution < 1.29 is 33.3 Å². The van der Waals surface area contributed by atoms with Crippen molar-refractivity contribution in [1.29, 1.82) is 0 Å². The minimum Gasteiger partial charge on any atom is -0.469 e. The number of carbonyl (C=O) groups excluding carboxylic acids is 2. The molecule has 2 aliphatic heterocycles. The number of hydrogen-bond donors (Lipinski definition) is 0. The lowest BCUT2D eigenvalue weighted by atomic mass is 9.66. The lowest BCUT2D eigenvalue weighted by molar-refractivity contribution is -0.148. The molecule has 2 saturated heterocycles. The normalized spacial score (nSPS) is 37.0. The predicted molar refractivity (Wildman–Crippen MR) is 160 cm³/mol. The van der Waals surface area contributed by atoms with Crippen molar-refractivity contribution in [2.24, 2.45) is 41.4 Å². The van der Waals surface area contributed by atoms with Gasteiger partial charge in [0.05, 0.1) is 55.7 Å². The van der Waals surface area contributed by atoms with Gasteiger partial charge in [-0.15, -0.1) is 0 Å². The number of esters is 2. The lowest BCUT2D eigenvalue weighted by Crippen LogP contribution is -2.39. The molecule has 0 aromatic carbocycles. The van der Waals surface area contributed by atoms with Crippen LogP contribution in [0.15, 0.2) is 23.8 Å². The van der Waals surface area contributed by atoms with Gasteiger partial charge in [0.2, 0.25) is 0 Å². The Balaban J connectivity index is 1.80. The first-order valence-electron chi connectivity index (χ1n) is 16.0. The summed E-state index contributed by atoms with van der Waals surface area (Å²) in [6.45, 7) is 15.0. The molecule has 1 aliphatic carbocycles. The van der Waals surface area contributed by atoms with E-state index in [1.165, 1.54) is 7.11 Å². The molecule has 0 amide bonds. The van der Waals surface area contributed by atoms with E-state index in [1.54, 1.807) is 7.11 Å². The van der Waals surface area contributed by atoms with Gasteiger partial charge in [0.25, 0.3) is 0 Å². The highest BCUT2D eigenvalue weighted by molar-refractivity contribution is 5.89. The van der Waals surface area contributed by atoms with Crippen LogP contribution >= 0.6 is 0 Å². The Hall–Kier alpha value is -1.70. The summed E-state index contributed by atoms with van der Waals surface area (Å²) in [6.07, 6.45) is 12.3. The van der Waals surface area contributed by atoms with Crippen molar-refractivity contribution in [2.75, 3.05) is 20.8 Å². The van der Waals surface area contributed by atoms with E-state index < -0.39 is 0 Å². The highest BCUT2D eigenvalue weighted by atomic mass is 16.5. The van der Waals surface area contributed by atoms with Gasteiger partial charge in [-0.05, 0) is 69.1 Å². The minimum absolute atomic E-state index is 0.0815. The third-order valence-corrected chi connectivity index (χ3v) is 9.99. The maximum absolute atomic E-state index is 13.4. The van der Waals surface area contributed by atoms with Crippen molar-refractivity contribution in [1.82, 2.24) is 0 Å². The molecule has 0 aromatic rings. The molecule has 12 atom stereocenters. The molecular formula is C34H56O7. The maximum Gasteiger partial charge on any atom is 0.336 e. The van der Waals surface area contributed by atoms with Crippen LogP contribution in [0.1, 0.15) is 87.0 Å². The van der Waals surface area contributed by atoms with Gasteiger partial charge in [0.15, 0.2) is 0 Å². The second-order valence-corrected chi connectivity index (χ2v) is 13.0. The molecule has 3 fully saturated rings. The van der Waals surface area contributed by atoms with Gasteiger partial charge in [0, 0.05) is 13.0 Å². The SMILES string of the molecule is CCOC(=O)/C(=C\[C@H]1CCC[C@@H](C)[C@@H]1[C@H](C)C(=O)OC)[C@@H]1O[C@H](/C=C/[C@H](C)[C@@H]2O[C@@H]([C@H](C)OC)C[C@@H]2C)CC[C@H]1C. The van der Waals surface area contributed by atoms with E-state index in [0.717, 1.165) is 38.5 Å². The maximum atomic E-state index is 13.4. The minimum atomic E-state index is -0.354. The fourth-order valence-electron chi connectivity index (χ4n) is 7.49. The summed E-state index contributed by atoms with van der Waals surface area (Å²) in [5, 5.41) is 0. The van der Waals surface area contributed by atoms with Crippen LogP contribution in [0.25, 0.3) is 0 Å². The molecular weight excluding hydrogens is 520 g/mol. The van der Waals surface area contributed by atoms with Crippen LogP contribution in [-0.2, 0) is 33.3 Å². The third-order valence-electron chi connectivity index (χ3n) is 9.99. The van der Waals surface area contributed by atoms with Gasteiger partial charge < -0.3 is 23.7 Å². The van der Waals surface area contributed by atoms with Gasteiger partial charge in [-0.1, -0.05) is 65.7 Å². The van der Waals surface area contributed by atoms with E-state index in [1.807, 2.05) is 13.8 Å². The second-order valence-electron chi connectivity index (χ2n) is 13.0. The predicted octanol–water partition coefficient (Wildman–Crippen LogP) is 6.54. The van der Waals surface area contributed by atoms with Crippen molar-refractivity contribution in [2.45, 2.75) is 118 Å². The van der Waals surface area contributed by atoms with Crippen LogP contribution in [-0.4, -0.2) is 63.3 Å². The van der Waals surface area contributed by atoms with Crippen LogP contribution in [0, 0.1) is 41.4 Å². The Labute approximate surface area is 248 Å². The Morgan fingerprint density at radius 1 is 0.951 bits per heavy atom. The van der Waals surface area contributed by atoms with Crippen molar-refractivity contribution in [3.63, 3.8) is 0 Å². The molecule has 3 aliphatic rings. The first-order valence-corrected chi connectivity index (χ1v) is 16.0. The van der Waals surface area contributed by atoms with Gasteiger partial charge >= 0.3 is 11.9 Å². The standard InChI is InChI=1S/C34H56O7/c1-10-39-34(36)28(19-26-13-11-12-20(2)30(26)24(6)33(35)38-9)32-22(4)15-17-27(40-32)16-14-21(3)31-23(5)18-29(41-31)25(7)37-8/h14,16,19-27,29-32H,10-13,15,17-18H2,1-9H3/b16-14+,28-19-/t20-,21+,22-,23+,24+,25+,26-,27-,29-,30-,31+,32-/m1/s1. The van der Waals surface area contributed by atoms with E-state index in [0.29, 0.717) is 24.0 Å². The summed E-state index contributed by atoms with van der Waals surface area (Å²) in [5.41, 5.74) is 0.607. The molecule has 0 aromatic heterocycles.